The van der Waals surface area contributed by atoms with E-state index < -0.39 is 0 Å². The van der Waals surface area contributed by atoms with Crippen molar-refractivity contribution in [3.05, 3.63) is 43.7 Å². The Bertz CT molecular complexity index is 446. The van der Waals surface area contributed by atoms with Gasteiger partial charge in [-0.1, -0.05) is 43.4 Å². The minimum absolute atomic E-state index is 0. The van der Waals surface area contributed by atoms with Crippen molar-refractivity contribution in [2.75, 3.05) is 25.0 Å². The molecule has 1 aromatic rings. The summed E-state index contributed by atoms with van der Waals surface area (Å²) in [4.78, 5) is 10.2. The van der Waals surface area contributed by atoms with Gasteiger partial charge in [-0.15, -0.1) is 30.9 Å². The van der Waals surface area contributed by atoms with E-state index in [4.69, 9.17) is 4.74 Å². The van der Waals surface area contributed by atoms with E-state index in [1.54, 1.807) is 6.41 Å². The van der Waals surface area contributed by atoms with Crippen LogP contribution in [-0.4, -0.2) is 32.2 Å². The van der Waals surface area contributed by atoms with E-state index in [0.29, 0.717) is 6.10 Å². The second-order valence-electron chi connectivity index (χ2n) is 6.62. The van der Waals surface area contributed by atoms with Crippen molar-refractivity contribution in [3.8, 4) is 0 Å². The molecule has 1 fully saturated rings. The SMILES string of the molecule is O=[C-]Nc1ccc(CCCCCCOC2CCCC2)cc1.[CH2-]CNC[CH2-].[Li+]. The van der Waals surface area contributed by atoms with Crippen molar-refractivity contribution in [1.82, 2.24) is 5.32 Å². The van der Waals surface area contributed by atoms with Crippen molar-refractivity contribution in [2.24, 2.45) is 0 Å². The average molecular weight is 366 g/mol. The first kappa shape index (κ1) is 26.2. The number of nitrogens with one attached hydrogen (secondary N) is 2. The fourth-order valence-corrected chi connectivity index (χ4v) is 3.03. The molecule has 4 nitrogen and oxygen atoms in total. The summed E-state index contributed by atoms with van der Waals surface area (Å²) in [5, 5.41) is 5.42. The van der Waals surface area contributed by atoms with Gasteiger partial charge in [-0.2, -0.15) is 0 Å². The van der Waals surface area contributed by atoms with Crippen LogP contribution in [0.2, 0.25) is 0 Å². The molecular formula is C22H35LiN2O2-2. The van der Waals surface area contributed by atoms with E-state index >= 15 is 0 Å². The quantitative estimate of drug-likeness (QED) is 0.255. The smallest absolute Gasteiger partial charge is 0.490 e. The normalized spacial score (nSPS) is 13.4. The molecule has 0 spiro atoms. The maximum atomic E-state index is 10.2. The van der Waals surface area contributed by atoms with E-state index in [2.05, 4.69) is 36.6 Å². The molecule has 0 bridgehead atoms. The van der Waals surface area contributed by atoms with Crippen LogP contribution in [0, 0.1) is 13.8 Å². The van der Waals surface area contributed by atoms with Gasteiger partial charge in [0.15, 0.2) is 0 Å². The van der Waals surface area contributed by atoms with Crippen molar-refractivity contribution in [1.29, 1.82) is 0 Å². The van der Waals surface area contributed by atoms with Crippen LogP contribution in [0.4, 0.5) is 5.69 Å². The number of anilines is 1. The monoisotopic (exact) mass is 366 g/mol. The summed E-state index contributed by atoms with van der Waals surface area (Å²) >= 11 is 0. The Morgan fingerprint density at radius 1 is 1.00 bits per heavy atom. The molecule has 1 amide bonds. The molecule has 0 saturated heterocycles. The van der Waals surface area contributed by atoms with Gasteiger partial charge in [0, 0.05) is 6.61 Å². The van der Waals surface area contributed by atoms with Crippen LogP contribution >= 0.6 is 0 Å². The number of rotatable bonds is 12. The number of ether oxygens (including phenoxy) is 1. The van der Waals surface area contributed by atoms with Crippen LogP contribution in [0.25, 0.3) is 0 Å². The first-order chi connectivity index (χ1) is 12.8. The Morgan fingerprint density at radius 2 is 1.63 bits per heavy atom. The standard InChI is InChI=1S/C18H26NO2.C4H9N.Li/c20-15-19-17-12-10-16(11-13-17)7-3-1-2-6-14-21-18-8-4-5-9-18;1-3-5-4-2;/h10-13,18H,1-9,14H2,(H,19,20);5H,1-4H2;/q-1;-2;+1. The van der Waals surface area contributed by atoms with Crippen molar-refractivity contribution < 1.29 is 28.4 Å². The van der Waals surface area contributed by atoms with Gasteiger partial charge >= 0.3 is 18.9 Å². The molecule has 1 saturated carbocycles. The van der Waals surface area contributed by atoms with E-state index in [1.165, 1.54) is 56.9 Å². The molecule has 0 unspecified atom stereocenters. The Kier molecular flexibility index (Phi) is 18.0. The second kappa shape index (κ2) is 18.6. The predicted molar refractivity (Wildman–Crippen MR) is 110 cm³/mol. The van der Waals surface area contributed by atoms with Crippen molar-refractivity contribution in [3.63, 3.8) is 0 Å². The third-order valence-electron chi connectivity index (χ3n) is 4.52. The van der Waals surface area contributed by atoms with E-state index in [9.17, 15) is 4.79 Å². The van der Waals surface area contributed by atoms with Gasteiger partial charge in [0.05, 0.1) is 12.5 Å². The number of benzene rings is 1. The molecule has 2 N–H and O–H groups in total. The molecule has 0 aromatic heterocycles. The summed E-state index contributed by atoms with van der Waals surface area (Å²) in [7, 11) is 0. The van der Waals surface area contributed by atoms with Crippen LogP contribution < -0.4 is 29.5 Å². The van der Waals surface area contributed by atoms with Gasteiger partial charge in [-0.05, 0) is 32.1 Å². The van der Waals surface area contributed by atoms with Crippen LogP contribution in [-0.2, 0) is 16.0 Å². The molecule has 5 heteroatoms. The molecule has 2 rings (SSSR count). The molecule has 0 heterocycles. The Hall–Kier alpha value is -0.793. The minimum Gasteiger partial charge on any atom is -0.490 e. The van der Waals surface area contributed by atoms with Crippen LogP contribution in [0.1, 0.15) is 56.9 Å². The summed E-state index contributed by atoms with van der Waals surface area (Å²) in [5.74, 6) is 0. The van der Waals surface area contributed by atoms with Gasteiger partial charge in [0.2, 0.25) is 0 Å². The third kappa shape index (κ3) is 13.9. The molecule has 0 aliphatic heterocycles. The Balaban J connectivity index is 0.00000100. The summed E-state index contributed by atoms with van der Waals surface area (Å²) < 4.78 is 5.87. The summed E-state index contributed by atoms with van der Waals surface area (Å²) in [6.45, 7) is 9.55. The number of unbranched alkanes of at least 4 members (excludes halogenated alkanes) is 3. The Labute approximate surface area is 178 Å². The van der Waals surface area contributed by atoms with E-state index in [1.807, 2.05) is 12.1 Å². The van der Waals surface area contributed by atoms with Gasteiger partial charge < -0.3 is 34.0 Å². The van der Waals surface area contributed by atoms with Gasteiger partial charge in [-0.25, -0.2) is 0 Å². The summed E-state index contributed by atoms with van der Waals surface area (Å²) in [5.41, 5.74) is 2.13. The van der Waals surface area contributed by atoms with Crippen molar-refractivity contribution >= 4 is 12.1 Å². The molecule has 0 atom stereocenters. The van der Waals surface area contributed by atoms with Crippen molar-refractivity contribution in [2.45, 2.75) is 63.9 Å². The number of hydrogen-bond acceptors (Lipinski definition) is 3. The van der Waals surface area contributed by atoms with E-state index in [-0.39, 0.29) is 18.9 Å². The average Bonchev–Trinajstić information content (AvgIpc) is 3.17. The topological polar surface area (TPSA) is 50.4 Å². The molecule has 27 heavy (non-hydrogen) atoms. The molecule has 1 aliphatic carbocycles. The van der Waals surface area contributed by atoms with Crippen LogP contribution in [0.5, 0.6) is 0 Å². The minimum atomic E-state index is 0. The van der Waals surface area contributed by atoms with Crippen LogP contribution in [0.3, 0.4) is 0 Å². The van der Waals surface area contributed by atoms with Crippen LogP contribution in [0.15, 0.2) is 24.3 Å². The molecule has 1 aromatic carbocycles. The van der Waals surface area contributed by atoms with Gasteiger partial charge in [-0.3, -0.25) is 0 Å². The fourth-order valence-electron chi connectivity index (χ4n) is 3.03. The Morgan fingerprint density at radius 3 is 2.19 bits per heavy atom. The van der Waals surface area contributed by atoms with Gasteiger partial charge in [0.25, 0.3) is 0 Å². The zero-order chi connectivity index (χ0) is 18.9. The number of aryl methyl sites for hydroxylation is 1. The third-order valence-corrected chi connectivity index (χ3v) is 4.52. The maximum Gasteiger partial charge on any atom is 1.00 e. The summed E-state index contributed by atoms with van der Waals surface area (Å²) in [6.07, 6.45) is 13.5. The predicted octanol–water partition coefficient (Wildman–Crippen LogP) is 1.48. The number of carbonyl (C=O) groups excluding carboxylic acids is 1. The first-order valence-electron chi connectivity index (χ1n) is 9.93. The largest absolute Gasteiger partial charge is 1.00 e. The first-order valence-corrected chi connectivity index (χ1v) is 9.93. The molecule has 1 aliphatic rings. The van der Waals surface area contributed by atoms with E-state index in [0.717, 1.165) is 31.8 Å². The maximum absolute atomic E-state index is 10.2. The zero-order valence-electron chi connectivity index (χ0n) is 17.1. The number of hydrogen-bond donors (Lipinski definition) is 2. The summed E-state index contributed by atoms with van der Waals surface area (Å²) in [6, 6.07) is 8.00. The number of amides is 1. The molecule has 148 valence electrons. The zero-order valence-corrected chi connectivity index (χ0v) is 17.1. The second-order valence-corrected chi connectivity index (χ2v) is 6.62. The molecular weight excluding hydrogens is 331 g/mol. The van der Waals surface area contributed by atoms with Gasteiger partial charge in [0.1, 0.15) is 0 Å². The molecule has 0 radical (unpaired) electrons. The fraction of sp³-hybridized carbons (Fsp3) is 0.591.